The first-order valence-electron chi connectivity index (χ1n) is 10.4. The number of thiophene rings is 1. The first kappa shape index (κ1) is 25.6. The number of nitrogens with zero attached hydrogens (tertiary/aromatic N) is 2. The summed E-state index contributed by atoms with van der Waals surface area (Å²) in [4.78, 5) is 26.3. The van der Waals surface area contributed by atoms with Gasteiger partial charge in [-0.25, -0.2) is 4.79 Å². The lowest BCUT2D eigenvalue weighted by Gasteiger charge is -2.11. The lowest BCUT2D eigenvalue weighted by molar-refractivity contribution is -0.112. The molecule has 9 heteroatoms. The molecule has 2 aromatic heterocycles. The Hall–Kier alpha value is -3.05. The molecule has 1 amide bonds. The number of aromatic nitrogens is 1. The number of carbonyl (C=O) groups is 2. The first-order valence-corrected chi connectivity index (χ1v) is 12.0. The van der Waals surface area contributed by atoms with Crippen LogP contribution in [-0.4, -0.2) is 23.1 Å². The highest BCUT2D eigenvalue weighted by Gasteiger charge is 2.23. The average Bonchev–Trinajstić information content (AvgIpc) is 3.22. The third-order valence-electron chi connectivity index (χ3n) is 5.39. The number of halogens is 2. The molecule has 0 fully saturated rings. The van der Waals surface area contributed by atoms with Crippen LogP contribution in [0.1, 0.15) is 44.7 Å². The van der Waals surface area contributed by atoms with Gasteiger partial charge in [-0.15, -0.1) is 11.3 Å². The number of benzene rings is 1. The second kappa shape index (κ2) is 10.5. The quantitative estimate of drug-likeness (QED) is 0.222. The van der Waals surface area contributed by atoms with Crippen molar-refractivity contribution < 1.29 is 14.3 Å². The fraction of sp³-hybridized carbons (Fsp3) is 0.240. The van der Waals surface area contributed by atoms with E-state index in [1.807, 2.05) is 43.5 Å². The van der Waals surface area contributed by atoms with E-state index in [0.717, 1.165) is 27.5 Å². The minimum absolute atomic E-state index is 0.0899. The SMILES string of the molecule is CCOC(=O)c1c(NC(=O)C(C#N)=Cc2cc(C)n(-c3ccc(Cl)c(Cl)c3)c2C)sc(C)c1C. The van der Waals surface area contributed by atoms with Crippen molar-refractivity contribution in [3.8, 4) is 11.8 Å². The molecule has 0 unspecified atom stereocenters. The summed E-state index contributed by atoms with van der Waals surface area (Å²) in [7, 11) is 0. The van der Waals surface area contributed by atoms with Crippen LogP contribution in [0.3, 0.4) is 0 Å². The minimum atomic E-state index is -0.603. The average molecular weight is 516 g/mol. The van der Waals surface area contributed by atoms with E-state index in [2.05, 4.69) is 5.32 Å². The van der Waals surface area contributed by atoms with Crippen LogP contribution in [0.5, 0.6) is 0 Å². The predicted molar refractivity (Wildman–Crippen MR) is 137 cm³/mol. The summed E-state index contributed by atoms with van der Waals surface area (Å²) in [5.41, 5.74) is 4.21. The highest BCUT2D eigenvalue weighted by atomic mass is 35.5. The Labute approximate surface area is 212 Å². The lowest BCUT2D eigenvalue weighted by atomic mass is 10.1. The van der Waals surface area contributed by atoms with Crippen LogP contribution in [-0.2, 0) is 9.53 Å². The van der Waals surface area contributed by atoms with E-state index in [1.54, 1.807) is 26.0 Å². The third kappa shape index (κ3) is 5.05. The van der Waals surface area contributed by atoms with Crippen molar-refractivity contribution in [2.75, 3.05) is 11.9 Å². The number of nitrogens with one attached hydrogen (secondary N) is 1. The normalized spacial score (nSPS) is 11.3. The predicted octanol–water partition coefficient (Wildman–Crippen LogP) is 6.80. The molecule has 0 atom stereocenters. The molecule has 0 radical (unpaired) electrons. The summed E-state index contributed by atoms with van der Waals surface area (Å²) in [6.07, 6.45) is 1.53. The summed E-state index contributed by atoms with van der Waals surface area (Å²) < 4.78 is 7.10. The number of esters is 1. The topological polar surface area (TPSA) is 84.1 Å². The Bertz CT molecular complexity index is 1360. The fourth-order valence-corrected chi connectivity index (χ4v) is 4.93. The summed E-state index contributed by atoms with van der Waals surface area (Å²) in [5.74, 6) is -1.11. The van der Waals surface area contributed by atoms with Crippen molar-refractivity contribution in [1.29, 1.82) is 5.26 Å². The largest absolute Gasteiger partial charge is 0.462 e. The molecule has 0 aliphatic heterocycles. The number of aryl methyl sites for hydroxylation is 2. The highest BCUT2D eigenvalue weighted by Crippen LogP contribution is 2.34. The Morgan fingerprint density at radius 2 is 1.88 bits per heavy atom. The van der Waals surface area contributed by atoms with Gasteiger partial charge in [0, 0.05) is 22.0 Å². The zero-order valence-corrected chi connectivity index (χ0v) is 21.7. The van der Waals surface area contributed by atoms with Gasteiger partial charge in [0.2, 0.25) is 0 Å². The summed E-state index contributed by atoms with van der Waals surface area (Å²) in [6.45, 7) is 9.40. The molecule has 1 aromatic carbocycles. The van der Waals surface area contributed by atoms with Gasteiger partial charge in [-0.1, -0.05) is 23.2 Å². The number of carbonyl (C=O) groups excluding carboxylic acids is 2. The molecule has 1 N–H and O–H groups in total. The van der Waals surface area contributed by atoms with Gasteiger partial charge in [0.15, 0.2) is 0 Å². The molecule has 3 rings (SSSR count). The molecular formula is C25H23Cl2N3O3S. The van der Waals surface area contributed by atoms with Gasteiger partial charge in [0.1, 0.15) is 16.6 Å². The van der Waals surface area contributed by atoms with E-state index in [1.165, 1.54) is 17.4 Å². The monoisotopic (exact) mass is 515 g/mol. The molecule has 0 bridgehead atoms. The number of rotatable bonds is 6. The number of amides is 1. The maximum atomic E-state index is 13.0. The molecular weight excluding hydrogens is 493 g/mol. The van der Waals surface area contributed by atoms with Crippen molar-refractivity contribution >= 4 is 57.5 Å². The van der Waals surface area contributed by atoms with Crippen molar-refractivity contribution in [1.82, 2.24) is 4.57 Å². The number of anilines is 1. The van der Waals surface area contributed by atoms with Crippen LogP contribution in [0.15, 0.2) is 29.8 Å². The molecule has 0 saturated carbocycles. The van der Waals surface area contributed by atoms with E-state index in [0.29, 0.717) is 26.2 Å². The summed E-state index contributed by atoms with van der Waals surface area (Å²) in [6, 6.07) is 9.17. The third-order valence-corrected chi connectivity index (χ3v) is 7.25. The molecule has 0 spiro atoms. The Kier molecular flexibility index (Phi) is 7.88. The van der Waals surface area contributed by atoms with Crippen molar-refractivity contribution in [3.05, 3.63) is 72.8 Å². The van der Waals surface area contributed by atoms with Crippen molar-refractivity contribution in [2.45, 2.75) is 34.6 Å². The molecule has 176 valence electrons. The Balaban J connectivity index is 1.96. The van der Waals surface area contributed by atoms with E-state index < -0.39 is 11.9 Å². The second-order valence-electron chi connectivity index (χ2n) is 7.59. The van der Waals surface area contributed by atoms with Crippen LogP contribution in [0.2, 0.25) is 10.0 Å². The molecule has 2 heterocycles. The molecule has 0 saturated heterocycles. The maximum absolute atomic E-state index is 13.0. The standard InChI is InChI=1S/C25H23Cl2N3O3S/c1-6-33-25(32)22-14(3)16(5)34-24(22)29-23(31)18(12-28)10-17-9-13(2)30(15(17)4)19-7-8-20(26)21(27)11-19/h7-11H,6H2,1-5H3,(H,29,31). The highest BCUT2D eigenvalue weighted by molar-refractivity contribution is 7.16. The number of hydrogen-bond donors (Lipinski definition) is 1. The van der Waals surface area contributed by atoms with Gasteiger partial charge in [-0.2, -0.15) is 5.26 Å². The maximum Gasteiger partial charge on any atom is 0.341 e. The smallest absolute Gasteiger partial charge is 0.341 e. The van der Waals surface area contributed by atoms with Gasteiger partial charge in [-0.3, -0.25) is 4.79 Å². The van der Waals surface area contributed by atoms with Crippen molar-refractivity contribution in [3.63, 3.8) is 0 Å². The van der Waals surface area contributed by atoms with Gasteiger partial charge in [0.05, 0.1) is 22.2 Å². The molecule has 0 aliphatic rings. The van der Waals surface area contributed by atoms with Gasteiger partial charge < -0.3 is 14.6 Å². The zero-order valence-electron chi connectivity index (χ0n) is 19.4. The minimum Gasteiger partial charge on any atom is -0.462 e. The van der Waals surface area contributed by atoms with Gasteiger partial charge in [-0.05, 0) is 76.1 Å². The van der Waals surface area contributed by atoms with Crippen LogP contribution >= 0.6 is 34.5 Å². The molecule has 34 heavy (non-hydrogen) atoms. The van der Waals surface area contributed by atoms with E-state index in [4.69, 9.17) is 27.9 Å². The van der Waals surface area contributed by atoms with Gasteiger partial charge in [0.25, 0.3) is 5.91 Å². The second-order valence-corrected chi connectivity index (χ2v) is 9.63. The van der Waals surface area contributed by atoms with E-state index >= 15 is 0 Å². The van der Waals surface area contributed by atoms with Crippen molar-refractivity contribution in [2.24, 2.45) is 0 Å². The summed E-state index contributed by atoms with van der Waals surface area (Å²) in [5, 5.41) is 13.7. The molecule has 0 aliphatic carbocycles. The summed E-state index contributed by atoms with van der Waals surface area (Å²) >= 11 is 13.5. The number of nitriles is 1. The fourth-order valence-electron chi connectivity index (χ4n) is 3.59. The van der Waals surface area contributed by atoms with E-state index in [9.17, 15) is 14.9 Å². The van der Waals surface area contributed by atoms with Gasteiger partial charge >= 0.3 is 5.97 Å². The van der Waals surface area contributed by atoms with Crippen LogP contribution in [0, 0.1) is 39.0 Å². The Morgan fingerprint density at radius 3 is 2.50 bits per heavy atom. The number of hydrogen-bond acceptors (Lipinski definition) is 5. The number of ether oxygens (including phenoxy) is 1. The zero-order chi connectivity index (χ0) is 25.2. The van der Waals surface area contributed by atoms with Crippen LogP contribution in [0.4, 0.5) is 5.00 Å². The van der Waals surface area contributed by atoms with Crippen LogP contribution < -0.4 is 5.32 Å². The molecule has 6 nitrogen and oxygen atoms in total. The molecule has 3 aromatic rings. The lowest BCUT2D eigenvalue weighted by Crippen LogP contribution is -2.16. The van der Waals surface area contributed by atoms with Crippen LogP contribution in [0.25, 0.3) is 11.8 Å². The Morgan fingerprint density at radius 1 is 1.18 bits per heavy atom. The van der Waals surface area contributed by atoms with E-state index in [-0.39, 0.29) is 12.2 Å². The first-order chi connectivity index (χ1) is 16.1.